The molecule has 0 aliphatic carbocycles. The fourth-order valence-corrected chi connectivity index (χ4v) is 1.31. The molecule has 0 saturated heterocycles. The molecule has 0 amide bonds. The van der Waals surface area contributed by atoms with Crippen LogP contribution >= 0.6 is 0 Å². The number of aliphatic carboxylic acids is 2. The Morgan fingerprint density at radius 2 is 1.75 bits per heavy atom. The van der Waals surface area contributed by atoms with Gasteiger partial charge in [0.05, 0.1) is 0 Å². The summed E-state index contributed by atoms with van der Waals surface area (Å²) in [6.07, 6.45) is 1.48. The average molecular weight is 220 g/mol. The highest BCUT2D eigenvalue weighted by Crippen LogP contribution is 2.09. The van der Waals surface area contributed by atoms with E-state index >= 15 is 0 Å². The molecular weight excluding hydrogens is 208 g/mol. The van der Waals surface area contributed by atoms with Crippen LogP contribution in [0.15, 0.2) is 42.0 Å². The third-order valence-electron chi connectivity index (χ3n) is 2.10. The molecule has 0 bridgehead atoms. The second kappa shape index (κ2) is 5.70. The van der Waals surface area contributed by atoms with Crippen LogP contribution in [0.25, 0.3) is 0 Å². The number of rotatable bonds is 5. The molecule has 0 aliphatic heterocycles. The monoisotopic (exact) mass is 220 g/mol. The maximum absolute atomic E-state index is 10.7. The maximum Gasteiger partial charge on any atom is 0.331 e. The van der Waals surface area contributed by atoms with Gasteiger partial charge in [-0.25, -0.2) is 9.59 Å². The zero-order valence-electron chi connectivity index (χ0n) is 8.59. The number of hydrogen-bond acceptors (Lipinski definition) is 2. The van der Waals surface area contributed by atoms with E-state index in [-0.39, 0.29) is 12.0 Å². The van der Waals surface area contributed by atoms with Gasteiger partial charge in [0.1, 0.15) is 0 Å². The Morgan fingerprint density at radius 3 is 2.25 bits per heavy atom. The molecule has 4 heteroatoms. The van der Waals surface area contributed by atoms with E-state index in [1.54, 1.807) is 0 Å². The Hall–Kier alpha value is -2.10. The third kappa shape index (κ3) is 3.96. The van der Waals surface area contributed by atoms with E-state index in [4.69, 9.17) is 10.2 Å². The van der Waals surface area contributed by atoms with E-state index in [1.807, 2.05) is 30.3 Å². The first-order valence-corrected chi connectivity index (χ1v) is 4.80. The Balaban J connectivity index is 2.65. The molecule has 1 aromatic carbocycles. The predicted molar refractivity (Wildman–Crippen MR) is 58.1 cm³/mol. The second-order valence-corrected chi connectivity index (χ2v) is 3.30. The van der Waals surface area contributed by atoms with Gasteiger partial charge >= 0.3 is 11.9 Å². The Labute approximate surface area is 92.8 Å². The molecule has 0 spiro atoms. The summed E-state index contributed by atoms with van der Waals surface area (Å²) in [4.78, 5) is 21.1. The van der Waals surface area contributed by atoms with Gasteiger partial charge in [0.25, 0.3) is 0 Å². The van der Waals surface area contributed by atoms with E-state index in [9.17, 15) is 9.59 Å². The highest BCUT2D eigenvalue weighted by atomic mass is 16.4. The maximum atomic E-state index is 10.7. The lowest BCUT2D eigenvalue weighted by Crippen LogP contribution is -2.05. The molecule has 0 atom stereocenters. The number of benzene rings is 1. The van der Waals surface area contributed by atoms with Crippen LogP contribution in [0.5, 0.6) is 0 Å². The summed E-state index contributed by atoms with van der Waals surface area (Å²) in [5.74, 6) is -2.41. The van der Waals surface area contributed by atoms with Gasteiger partial charge in [0.15, 0.2) is 0 Å². The average Bonchev–Trinajstić information content (AvgIpc) is 2.25. The van der Waals surface area contributed by atoms with Crippen LogP contribution in [-0.2, 0) is 16.0 Å². The number of aryl methyl sites for hydroxylation is 1. The molecule has 4 nitrogen and oxygen atoms in total. The van der Waals surface area contributed by atoms with Crippen LogP contribution in [-0.4, -0.2) is 22.2 Å². The van der Waals surface area contributed by atoms with Crippen LogP contribution in [0.4, 0.5) is 0 Å². The molecule has 0 radical (unpaired) electrons. The summed E-state index contributed by atoms with van der Waals surface area (Å²) >= 11 is 0. The van der Waals surface area contributed by atoms with E-state index < -0.39 is 11.9 Å². The molecule has 0 aromatic heterocycles. The van der Waals surface area contributed by atoms with Crippen molar-refractivity contribution in [3.63, 3.8) is 0 Å². The van der Waals surface area contributed by atoms with Gasteiger partial charge in [-0.3, -0.25) is 0 Å². The van der Waals surface area contributed by atoms with Crippen molar-refractivity contribution < 1.29 is 19.8 Å². The van der Waals surface area contributed by atoms with Gasteiger partial charge in [-0.2, -0.15) is 0 Å². The lowest BCUT2D eigenvalue weighted by molar-refractivity contribution is -0.135. The largest absolute Gasteiger partial charge is 0.478 e. The van der Waals surface area contributed by atoms with Crippen LogP contribution in [0.1, 0.15) is 12.0 Å². The van der Waals surface area contributed by atoms with Crippen molar-refractivity contribution in [2.75, 3.05) is 0 Å². The third-order valence-corrected chi connectivity index (χ3v) is 2.10. The lowest BCUT2D eigenvalue weighted by Gasteiger charge is -2.01. The van der Waals surface area contributed by atoms with Crippen molar-refractivity contribution in [2.45, 2.75) is 12.8 Å². The van der Waals surface area contributed by atoms with Gasteiger partial charge in [-0.15, -0.1) is 0 Å². The molecule has 1 aromatic rings. The van der Waals surface area contributed by atoms with Crippen molar-refractivity contribution in [1.82, 2.24) is 0 Å². The minimum Gasteiger partial charge on any atom is -0.478 e. The first-order valence-electron chi connectivity index (χ1n) is 4.80. The number of hydrogen-bond donors (Lipinski definition) is 2. The molecular formula is C12H12O4. The molecule has 0 heterocycles. The summed E-state index contributed by atoms with van der Waals surface area (Å²) in [6.45, 7) is 0. The fourth-order valence-electron chi connectivity index (χ4n) is 1.31. The standard InChI is InChI=1S/C12H12O4/c13-11(14)8-10(12(15)16)7-6-9-4-2-1-3-5-9/h1-5,8H,6-7H2,(H,13,14)(H,15,16)/b10-8+. The van der Waals surface area contributed by atoms with Crippen LogP contribution < -0.4 is 0 Å². The summed E-state index contributed by atoms with van der Waals surface area (Å²) in [5.41, 5.74) is 0.899. The van der Waals surface area contributed by atoms with Crippen LogP contribution in [0, 0.1) is 0 Å². The fraction of sp³-hybridized carbons (Fsp3) is 0.167. The van der Waals surface area contributed by atoms with E-state index in [2.05, 4.69) is 0 Å². The van der Waals surface area contributed by atoms with Crippen LogP contribution in [0.2, 0.25) is 0 Å². The van der Waals surface area contributed by atoms with Crippen molar-refractivity contribution in [3.8, 4) is 0 Å². The number of carbonyl (C=O) groups is 2. The quantitative estimate of drug-likeness (QED) is 0.741. The van der Waals surface area contributed by atoms with Gasteiger partial charge in [0, 0.05) is 11.6 Å². The Morgan fingerprint density at radius 1 is 1.12 bits per heavy atom. The Kier molecular flexibility index (Phi) is 4.27. The molecule has 0 aliphatic rings. The smallest absolute Gasteiger partial charge is 0.331 e. The zero-order chi connectivity index (χ0) is 12.0. The van der Waals surface area contributed by atoms with E-state index in [1.165, 1.54) is 0 Å². The first kappa shape index (κ1) is 12.0. The summed E-state index contributed by atoms with van der Waals surface area (Å²) < 4.78 is 0. The predicted octanol–water partition coefficient (Wildman–Crippen LogP) is 1.71. The first-order chi connectivity index (χ1) is 7.59. The molecule has 16 heavy (non-hydrogen) atoms. The highest BCUT2D eigenvalue weighted by molar-refractivity contribution is 5.94. The molecule has 0 unspecified atom stereocenters. The minimum atomic E-state index is -1.23. The van der Waals surface area contributed by atoms with Gasteiger partial charge in [-0.05, 0) is 18.4 Å². The summed E-state index contributed by atoms with van der Waals surface area (Å²) in [7, 11) is 0. The molecule has 2 N–H and O–H groups in total. The Bertz CT molecular complexity index is 406. The minimum absolute atomic E-state index is 0.0867. The van der Waals surface area contributed by atoms with E-state index in [0.29, 0.717) is 6.42 Å². The number of carboxylic acid groups (broad SMARTS) is 2. The topological polar surface area (TPSA) is 74.6 Å². The highest BCUT2D eigenvalue weighted by Gasteiger charge is 2.09. The second-order valence-electron chi connectivity index (χ2n) is 3.30. The van der Waals surface area contributed by atoms with Crippen LogP contribution in [0.3, 0.4) is 0 Å². The van der Waals surface area contributed by atoms with Crippen molar-refractivity contribution in [1.29, 1.82) is 0 Å². The summed E-state index contributed by atoms with van der Waals surface area (Å²) in [5, 5.41) is 17.3. The van der Waals surface area contributed by atoms with E-state index in [0.717, 1.165) is 11.6 Å². The molecule has 0 fully saturated rings. The SMILES string of the molecule is O=C(O)/C=C(\CCc1ccccc1)C(=O)O. The molecule has 1 rings (SSSR count). The molecule has 84 valence electrons. The number of carboxylic acids is 2. The van der Waals surface area contributed by atoms with Gasteiger partial charge in [0.2, 0.25) is 0 Å². The molecule has 0 saturated carbocycles. The van der Waals surface area contributed by atoms with Crippen molar-refractivity contribution >= 4 is 11.9 Å². The van der Waals surface area contributed by atoms with Gasteiger partial charge in [-0.1, -0.05) is 30.3 Å². The normalized spacial score (nSPS) is 11.1. The van der Waals surface area contributed by atoms with Crippen molar-refractivity contribution in [3.05, 3.63) is 47.5 Å². The lowest BCUT2D eigenvalue weighted by atomic mass is 10.0. The summed E-state index contributed by atoms with van der Waals surface area (Å²) in [6, 6.07) is 9.34. The van der Waals surface area contributed by atoms with Crippen molar-refractivity contribution in [2.24, 2.45) is 0 Å². The van der Waals surface area contributed by atoms with Gasteiger partial charge < -0.3 is 10.2 Å². The zero-order valence-corrected chi connectivity index (χ0v) is 8.59.